The van der Waals surface area contributed by atoms with Crippen LogP contribution in [0.5, 0.6) is 0 Å². The van der Waals surface area contributed by atoms with Gasteiger partial charge in [-0.25, -0.2) is 0 Å². The van der Waals surface area contributed by atoms with Gasteiger partial charge in [-0.1, -0.05) is 13.8 Å². The molecule has 0 aliphatic carbocycles. The molecule has 0 amide bonds. The van der Waals surface area contributed by atoms with Crippen LogP contribution in [0.4, 0.5) is 0 Å². The average molecular weight is 192 g/mol. The first kappa shape index (κ1) is 13.1. The summed E-state index contributed by atoms with van der Waals surface area (Å²) < 4.78 is 0. The fraction of sp³-hybridized carbons (Fsp3) is 0.692. The van der Waals surface area contributed by atoms with E-state index in [4.69, 9.17) is 0 Å². The largest absolute Gasteiger partial charge is 0.393 e. The van der Waals surface area contributed by atoms with E-state index in [2.05, 4.69) is 23.7 Å². The Hall–Kier alpha value is -0.920. The molecule has 0 rings (SSSR count). The Morgan fingerprint density at radius 1 is 1.00 bits per heavy atom. The molecule has 0 spiro atoms. The summed E-state index contributed by atoms with van der Waals surface area (Å²) in [6.45, 7) is 5.89. The van der Waals surface area contributed by atoms with E-state index in [1.807, 2.05) is 20.8 Å². The van der Waals surface area contributed by atoms with Gasteiger partial charge < -0.3 is 5.11 Å². The monoisotopic (exact) mass is 192 g/mol. The van der Waals surface area contributed by atoms with Crippen molar-refractivity contribution in [3.8, 4) is 23.7 Å². The molecule has 0 aromatic heterocycles. The summed E-state index contributed by atoms with van der Waals surface area (Å²) in [5, 5.41) is 9.48. The molecule has 0 aliphatic heterocycles. The summed E-state index contributed by atoms with van der Waals surface area (Å²) in [6.07, 6.45) is 3.07. The third-order valence-corrected chi connectivity index (χ3v) is 2.01. The summed E-state index contributed by atoms with van der Waals surface area (Å²) in [5.41, 5.74) is 0. The zero-order valence-electron chi connectivity index (χ0n) is 9.43. The van der Waals surface area contributed by atoms with Crippen LogP contribution in [0.3, 0.4) is 0 Å². The number of hydrogen-bond donors (Lipinski definition) is 1. The van der Waals surface area contributed by atoms with Crippen LogP contribution in [0.2, 0.25) is 0 Å². The molecule has 0 bridgehead atoms. The van der Waals surface area contributed by atoms with Crippen molar-refractivity contribution in [3.05, 3.63) is 0 Å². The summed E-state index contributed by atoms with van der Waals surface area (Å²) in [6, 6.07) is 0. The highest BCUT2D eigenvalue weighted by Gasteiger charge is 2.06. The SMILES string of the molecule is CC#CCCC#CCCC(O)C(C)C. The second-order valence-electron chi connectivity index (χ2n) is 3.63. The van der Waals surface area contributed by atoms with Crippen LogP contribution in [0.1, 0.15) is 46.5 Å². The molecular formula is C13H20O. The maximum Gasteiger partial charge on any atom is 0.0572 e. The van der Waals surface area contributed by atoms with Gasteiger partial charge >= 0.3 is 0 Å². The van der Waals surface area contributed by atoms with E-state index in [-0.39, 0.29) is 6.10 Å². The van der Waals surface area contributed by atoms with E-state index in [1.165, 1.54) is 0 Å². The van der Waals surface area contributed by atoms with Crippen LogP contribution in [0.15, 0.2) is 0 Å². The fourth-order valence-corrected chi connectivity index (χ4v) is 0.980. The van der Waals surface area contributed by atoms with Gasteiger partial charge in [-0.05, 0) is 19.3 Å². The van der Waals surface area contributed by atoms with Crippen LogP contribution < -0.4 is 0 Å². The number of aliphatic hydroxyl groups is 1. The molecule has 0 aromatic rings. The third-order valence-electron chi connectivity index (χ3n) is 2.01. The van der Waals surface area contributed by atoms with Gasteiger partial charge in [0.25, 0.3) is 0 Å². The highest BCUT2D eigenvalue weighted by atomic mass is 16.3. The van der Waals surface area contributed by atoms with E-state index in [1.54, 1.807) is 0 Å². The van der Waals surface area contributed by atoms with Crippen LogP contribution in [0.25, 0.3) is 0 Å². The van der Waals surface area contributed by atoms with Crippen molar-refractivity contribution < 1.29 is 5.11 Å². The molecule has 0 fully saturated rings. The molecule has 0 aromatic carbocycles. The summed E-state index contributed by atoms with van der Waals surface area (Å²) in [4.78, 5) is 0. The molecule has 1 atom stereocenters. The highest BCUT2D eigenvalue weighted by molar-refractivity contribution is 5.04. The van der Waals surface area contributed by atoms with Crippen molar-refractivity contribution in [1.82, 2.24) is 0 Å². The van der Waals surface area contributed by atoms with Crippen molar-refractivity contribution >= 4 is 0 Å². The van der Waals surface area contributed by atoms with E-state index in [9.17, 15) is 5.11 Å². The number of unbranched alkanes of at least 4 members (excludes halogenated alkanes) is 1. The van der Waals surface area contributed by atoms with E-state index in [0.29, 0.717) is 5.92 Å². The lowest BCUT2D eigenvalue weighted by molar-refractivity contribution is 0.118. The summed E-state index contributed by atoms with van der Waals surface area (Å²) >= 11 is 0. The molecule has 0 heterocycles. The van der Waals surface area contributed by atoms with Gasteiger partial charge in [0.2, 0.25) is 0 Å². The lowest BCUT2D eigenvalue weighted by Gasteiger charge is -2.11. The van der Waals surface area contributed by atoms with Gasteiger partial charge in [0.15, 0.2) is 0 Å². The predicted octanol–water partition coefficient (Wildman–Crippen LogP) is 2.59. The van der Waals surface area contributed by atoms with Gasteiger partial charge in [0, 0.05) is 19.3 Å². The first-order valence-corrected chi connectivity index (χ1v) is 5.22. The minimum atomic E-state index is -0.209. The zero-order valence-corrected chi connectivity index (χ0v) is 9.43. The summed E-state index contributed by atoms with van der Waals surface area (Å²) in [5.74, 6) is 12.2. The maximum absolute atomic E-state index is 9.48. The molecular weight excluding hydrogens is 172 g/mol. The molecule has 1 heteroatoms. The molecule has 0 aliphatic rings. The van der Waals surface area contributed by atoms with Gasteiger partial charge in [0.1, 0.15) is 0 Å². The zero-order chi connectivity index (χ0) is 10.8. The molecule has 14 heavy (non-hydrogen) atoms. The van der Waals surface area contributed by atoms with Crippen LogP contribution in [-0.2, 0) is 0 Å². The second-order valence-corrected chi connectivity index (χ2v) is 3.63. The van der Waals surface area contributed by atoms with Gasteiger partial charge in [-0.2, -0.15) is 0 Å². The molecule has 0 saturated heterocycles. The molecule has 1 N–H and O–H groups in total. The third kappa shape index (κ3) is 7.71. The fourth-order valence-electron chi connectivity index (χ4n) is 0.980. The van der Waals surface area contributed by atoms with Crippen molar-refractivity contribution in [1.29, 1.82) is 0 Å². The molecule has 0 saturated carbocycles. The van der Waals surface area contributed by atoms with E-state index in [0.717, 1.165) is 25.7 Å². The minimum Gasteiger partial charge on any atom is -0.393 e. The summed E-state index contributed by atoms with van der Waals surface area (Å²) in [7, 11) is 0. The normalized spacial score (nSPS) is 11.2. The first-order chi connectivity index (χ1) is 6.68. The molecule has 0 radical (unpaired) electrons. The maximum atomic E-state index is 9.48. The number of aliphatic hydroxyl groups excluding tert-OH is 1. The Kier molecular flexibility index (Phi) is 8.10. The van der Waals surface area contributed by atoms with Crippen molar-refractivity contribution in [2.45, 2.75) is 52.6 Å². The smallest absolute Gasteiger partial charge is 0.0572 e. The predicted molar refractivity (Wildman–Crippen MR) is 60.5 cm³/mol. The molecule has 1 unspecified atom stereocenters. The Morgan fingerprint density at radius 2 is 1.57 bits per heavy atom. The first-order valence-electron chi connectivity index (χ1n) is 5.22. The lowest BCUT2D eigenvalue weighted by Crippen LogP contribution is -2.13. The molecule has 78 valence electrons. The van der Waals surface area contributed by atoms with Crippen LogP contribution in [0, 0.1) is 29.6 Å². The lowest BCUT2D eigenvalue weighted by atomic mass is 10.0. The average Bonchev–Trinajstić information content (AvgIpc) is 2.16. The van der Waals surface area contributed by atoms with Gasteiger partial charge in [-0.15, -0.1) is 23.7 Å². The molecule has 1 nitrogen and oxygen atoms in total. The van der Waals surface area contributed by atoms with Crippen LogP contribution in [-0.4, -0.2) is 11.2 Å². The Morgan fingerprint density at radius 3 is 2.14 bits per heavy atom. The minimum absolute atomic E-state index is 0.209. The quantitative estimate of drug-likeness (QED) is 0.536. The van der Waals surface area contributed by atoms with Crippen molar-refractivity contribution in [2.24, 2.45) is 5.92 Å². The number of hydrogen-bond acceptors (Lipinski definition) is 1. The number of rotatable bonds is 4. The van der Waals surface area contributed by atoms with Crippen molar-refractivity contribution in [3.63, 3.8) is 0 Å². The standard InChI is InChI=1S/C13H20O/c1-4-5-6-7-8-9-10-11-13(14)12(2)3/h12-14H,6-7,10-11H2,1-3H3. The Bertz CT molecular complexity index is 244. The highest BCUT2D eigenvalue weighted by Crippen LogP contribution is 2.06. The second kappa shape index (κ2) is 8.67. The topological polar surface area (TPSA) is 20.2 Å². The Balaban J connectivity index is 3.46. The van der Waals surface area contributed by atoms with Crippen molar-refractivity contribution in [2.75, 3.05) is 0 Å². The Labute approximate surface area is 87.9 Å². The van der Waals surface area contributed by atoms with Gasteiger partial charge in [-0.3, -0.25) is 0 Å². The van der Waals surface area contributed by atoms with Gasteiger partial charge in [0.05, 0.1) is 6.10 Å². The van der Waals surface area contributed by atoms with Crippen LogP contribution >= 0.6 is 0 Å². The van der Waals surface area contributed by atoms with E-state index < -0.39 is 0 Å². The van der Waals surface area contributed by atoms with E-state index >= 15 is 0 Å².